The molecule has 110 valence electrons. The summed E-state index contributed by atoms with van der Waals surface area (Å²) < 4.78 is 23.1. The average Bonchev–Trinajstić information content (AvgIpc) is 2.30. The van der Waals surface area contributed by atoms with E-state index in [1.54, 1.807) is 24.3 Å². The van der Waals surface area contributed by atoms with Gasteiger partial charge in [-0.2, -0.15) is 4.99 Å². The van der Waals surface area contributed by atoms with Crippen LogP contribution in [0.25, 0.3) is 0 Å². The van der Waals surface area contributed by atoms with Crippen LogP contribution in [0, 0.1) is 0 Å². The van der Waals surface area contributed by atoms with Crippen molar-refractivity contribution in [2.24, 2.45) is 27.2 Å². The van der Waals surface area contributed by atoms with Gasteiger partial charge in [0.1, 0.15) is 0 Å². The van der Waals surface area contributed by atoms with Crippen molar-refractivity contribution in [3.8, 4) is 0 Å². The van der Waals surface area contributed by atoms with Crippen LogP contribution in [-0.4, -0.2) is 37.8 Å². The second kappa shape index (κ2) is 6.87. The maximum Gasteiger partial charge on any atom is 0.223 e. The van der Waals surface area contributed by atoms with Crippen molar-refractivity contribution in [2.75, 3.05) is 12.4 Å². The first-order valence-electron chi connectivity index (χ1n) is 5.66. The molecule has 0 saturated carbocycles. The first-order chi connectivity index (χ1) is 9.32. The summed E-state index contributed by atoms with van der Waals surface area (Å²) in [7, 11) is -3.30. The molecule has 8 nitrogen and oxygen atoms in total. The van der Waals surface area contributed by atoms with Gasteiger partial charge >= 0.3 is 0 Å². The Labute approximate surface area is 116 Å². The van der Waals surface area contributed by atoms with Crippen molar-refractivity contribution < 1.29 is 13.5 Å². The van der Waals surface area contributed by atoms with Gasteiger partial charge in [-0.05, 0) is 17.7 Å². The summed E-state index contributed by atoms with van der Waals surface area (Å²) in [5.41, 5.74) is 16.9. The largest absolute Gasteiger partial charge is 0.395 e. The second-order valence-electron chi connectivity index (χ2n) is 3.99. The Morgan fingerprint density at radius 2 is 1.75 bits per heavy atom. The van der Waals surface area contributed by atoms with Crippen molar-refractivity contribution in [1.29, 1.82) is 0 Å². The summed E-state index contributed by atoms with van der Waals surface area (Å²) >= 11 is 0. The number of rotatable bonds is 5. The van der Waals surface area contributed by atoms with E-state index in [-0.39, 0.29) is 30.0 Å². The van der Waals surface area contributed by atoms with Crippen molar-refractivity contribution in [3.63, 3.8) is 0 Å². The molecule has 0 aliphatic rings. The van der Waals surface area contributed by atoms with E-state index in [0.29, 0.717) is 11.3 Å². The van der Waals surface area contributed by atoms with E-state index in [9.17, 15) is 8.42 Å². The molecule has 0 radical (unpaired) electrons. The Hall–Kier alpha value is -2.13. The van der Waals surface area contributed by atoms with Crippen LogP contribution in [0.15, 0.2) is 34.3 Å². The predicted octanol–water partition coefficient (Wildman–Crippen LogP) is -1.19. The Morgan fingerprint density at radius 1 is 1.15 bits per heavy atom. The Bertz CT molecular complexity index is 603. The molecule has 1 aromatic carbocycles. The predicted molar refractivity (Wildman–Crippen MR) is 78.1 cm³/mol. The van der Waals surface area contributed by atoms with E-state index >= 15 is 0 Å². The molecule has 0 aromatic heterocycles. The summed E-state index contributed by atoms with van der Waals surface area (Å²) in [5.74, 6) is -0.686. The Morgan fingerprint density at radius 3 is 2.25 bits per heavy atom. The number of nitrogens with zero attached hydrogens (tertiary/aromatic N) is 2. The Kier molecular flexibility index (Phi) is 5.47. The van der Waals surface area contributed by atoms with Crippen LogP contribution in [0.2, 0.25) is 0 Å². The number of guanidine groups is 2. The van der Waals surface area contributed by atoms with E-state index in [4.69, 9.17) is 22.3 Å². The highest BCUT2D eigenvalue weighted by Gasteiger charge is 2.10. The topological polar surface area (TPSA) is 157 Å². The fraction of sp³-hybridized carbons (Fsp3) is 0.273. The lowest BCUT2D eigenvalue weighted by molar-refractivity contribution is 0.319. The van der Waals surface area contributed by atoms with Crippen LogP contribution in [0.5, 0.6) is 0 Å². The summed E-state index contributed by atoms with van der Waals surface area (Å²) in [6.07, 6.45) is 0. The number of benzene rings is 1. The first kappa shape index (κ1) is 15.9. The minimum Gasteiger partial charge on any atom is -0.395 e. The monoisotopic (exact) mass is 299 g/mol. The SMILES string of the molecule is NC(N)=NC(N)=Nc1ccc(CS(=O)(=O)CCO)cc1. The van der Waals surface area contributed by atoms with Gasteiger partial charge < -0.3 is 22.3 Å². The third-order valence-electron chi connectivity index (χ3n) is 2.21. The zero-order valence-corrected chi connectivity index (χ0v) is 11.5. The smallest absolute Gasteiger partial charge is 0.223 e. The van der Waals surface area contributed by atoms with Gasteiger partial charge in [0, 0.05) is 0 Å². The van der Waals surface area contributed by atoms with Gasteiger partial charge in [0.05, 0.1) is 23.8 Å². The van der Waals surface area contributed by atoms with Crippen LogP contribution in [0.4, 0.5) is 5.69 Å². The molecule has 0 fully saturated rings. The van der Waals surface area contributed by atoms with Gasteiger partial charge in [-0.3, -0.25) is 0 Å². The van der Waals surface area contributed by atoms with E-state index in [2.05, 4.69) is 9.98 Å². The van der Waals surface area contributed by atoms with E-state index in [1.807, 2.05) is 0 Å². The molecule has 0 aliphatic carbocycles. The lowest BCUT2D eigenvalue weighted by Crippen LogP contribution is -2.26. The van der Waals surface area contributed by atoms with E-state index in [0.717, 1.165) is 0 Å². The molecule has 0 saturated heterocycles. The van der Waals surface area contributed by atoms with Gasteiger partial charge in [0.25, 0.3) is 0 Å². The molecule has 9 heteroatoms. The third kappa shape index (κ3) is 5.67. The quantitative estimate of drug-likeness (QED) is 0.395. The fourth-order valence-corrected chi connectivity index (χ4v) is 2.54. The molecule has 0 aliphatic heterocycles. The molecule has 0 amide bonds. The van der Waals surface area contributed by atoms with Crippen LogP contribution >= 0.6 is 0 Å². The number of aliphatic imine (C=N–C) groups is 2. The fourth-order valence-electron chi connectivity index (χ4n) is 1.42. The van der Waals surface area contributed by atoms with E-state index < -0.39 is 9.84 Å². The minimum absolute atomic E-state index is 0.0920. The zero-order valence-electron chi connectivity index (χ0n) is 10.7. The third-order valence-corrected chi connectivity index (χ3v) is 3.79. The lowest BCUT2D eigenvalue weighted by atomic mass is 10.2. The molecule has 0 heterocycles. The lowest BCUT2D eigenvalue weighted by Gasteiger charge is -2.03. The highest BCUT2D eigenvalue weighted by molar-refractivity contribution is 7.90. The number of aliphatic hydroxyl groups excluding tert-OH is 1. The van der Waals surface area contributed by atoms with Crippen molar-refractivity contribution >= 4 is 27.4 Å². The van der Waals surface area contributed by atoms with Crippen molar-refractivity contribution in [2.45, 2.75) is 5.75 Å². The van der Waals surface area contributed by atoms with Gasteiger partial charge in [-0.25, -0.2) is 13.4 Å². The standard InChI is InChI=1S/C11H17N5O3S/c12-10(13)16-11(14)15-9-3-1-8(2-4-9)7-20(18,19)6-5-17/h1-4,17H,5-7H2,(H6,12,13,14,15,16). The van der Waals surface area contributed by atoms with Crippen LogP contribution in [-0.2, 0) is 15.6 Å². The maximum atomic E-state index is 11.5. The minimum atomic E-state index is -3.30. The molecule has 20 heavy (non-hydrogen) atoms. The van der Waals surface area contributed by atoms with Gasteiger partial charge in [-0.15, -0.1) is 0 Å². The average molecular weight is 299 g/mol. The van der Waals surface area contributed by atoms with Gasteiger partial charge in [-0.1, -0.05) is 12.1 Å². The first-order valence-corrected chi connectivity index (χ1v) is 7.48. The number of sulfone groups is 1. The summed E-state index contributed by atoms with van der Waals surface area (Å²) in [6, 6.07) is 6.41. The highest BCUT2D eigenvalue weighted by atomic mass is 32.2. The number of nitrogens with two attached hydrogens (primary N) is 3. The number of aliphatic hydroxyl groups is 1. The molecule has 0 unspecified atom stereocenters. The van der Waals surface area contributed by atoms with E-state index in [1.165, 1.54) is 0 Å². The summed E-state index contributed by atoms with van der Waals surface area (Å²) in [4.78, 5) is 7.49. The molecular weight excluding hydrogens is 282 g/mol. The zero-order chi connectivity index (χ0) is 15.2. The molecule has 1 aromatic rings. The summed E-state index contributed by atoms with van der Waals surface area (Å²) in [5, 5.41) is 8.65. The molecule has 7 N–H and O–H groups in total. The number of hydrogen-bond acceptors (Lipinski definition) is 4. The van der Waals surface area contributed by atoms with Gasteiger partial charge in [0.15, 0.2) is 15.8 Å². The molecule has 0 spiro atoms. The van der Waals surface area contributed by atoms with Crippen LogP contribution in [0.1, 0.15) is 5.56 Å². The molecule has 0 bridgehead atoms. The van der Waals surface area contributed by atoms with Crippen LogP contribution < -0.4 is 17.2 Å². The second-order valence-corrected chi connectivity index (χ2v) is 6.17. The highest BCUT2D eigenvalue weighted by Crippen LogP contribution is 2.15. The normalized spacial score (nSPS) is 12.2. The van der Waals surface area contributed by atoms with Crippen LogP contribution in [0.3, 0.4) is 0 Å². The Balaban J connectivity index is 2.82. The summed E-state index contributed by atoms with van der Waals surface area (Å²) in [6.45, 7) is -0.389. The molecular formula is C11H17N5O3S. The van der Waals surface area contributed by atoms with Crippen molar-refractivity contribution in [1.82, 2.24) is 0 Å². The van der Waals surface area contributed by atoms with Gasteiger partial charge in [0.2, 0.25) is 5.96 Å². The number of hydrogen-bond donors (Lipinski definition) is 4. The molecule has 0 atom stereocenters. The maximum absolute atomic E-state index is 11.5. The molecule has 1 rings (SSSR count). The van der Waals surface area contributed by atoms with Crippen molar-refractivity contribution in [3.05, 3.63) is 29.8 Å².